The molecule has 0 saturated carbocycles. The van der Waals surface area contributed by atoms with Crippen molar-refractivity contribution in [2.75, 3.05) is 0 Å². The molecule has 9 heavy (non-hydrogen) atoms. The van der Waals surface area contributed by atoms with Gasteiger partial charge >= 0.3 is 0 Å². The molecule has 0 saturated heterocycles. The smallest absolute Gasteiger partial charge is 0.0699 e. The summed E-state index contributed by atoms with van der Waals surface area (Å²) in [6.07, 6.45) is 1.83. The molecule has 0 atom stereocenters. The Morgan fingerprint density at radius 1 is 1.67 bits per heavy atom. The Hall–Kier alpha value is -0.540. The molecular weight excluding hydrogens is 132 g/mol. The number of nitrogens with zero attached hydrogens (tertiary/aromatic N) is 1. The molecule has 46 valence electrons. The maximum Gasteiger partial charge on any atom is 0.0699 e. The van der Waals surface area contributed by atoms with Crippen molar-refractivity contribution in [3.8, 4) is 0 Å². The highest BCUT2D eigenvalue weighted by atomic mass is 32.2. The maximum atomic E-state index is 4.18. The third-order valence-electron chi connectivity index (χ3n) is 1.27. The van der Waals surface area contributed by atoms with E-state index in [1.807, 2.05) is 12.3 Å². The number of hydrogen-bond donors (Lipinski definition) is 1. The van der Waals surface area contributed by atoms with Gasteiger partial charge in [0, 0.05) is 17.6 Å². The van der Waals surface area contributed by atoms with Gasteiger partial charge in [-0.05, 0) is 24.1 Å². The SMILES string of the molecule is c1cnc2c(c1)SNC2. The van der Waals surface area contributed by atoms with E-state index in [1.165, 1.54) is 10.6 Å². The molecule has 0 radical (unpaired) electrons. The van der Waals surface area contributed by atoms with E-state index in [2.05, 4.69) is 15.8 Å². The van der Waals surface area contributed by atoms with Gasteiger partial charge in [0.1, 0.15) is 0 Å². The van der Waals surface area contributed by atoms with Gasteiger partial charge in [0.2, 0.25) is 0 Å². The van der Waals surface area contributed by atoms with Crippen LogP contribution in [0.2, 0.25) is 0 Å². The van der Waals surface area contributed by atoms with Crippen LogP contribution in [0.3, 0.4) is 0 Å². The van der Waals surface area contributed by atoms with Gasteiger partial charge in [-0.3, -0.25) is 9.71 Å². The Balaban J connectivity index is 2.54. The molecule has 0 unspecified atom stereocenters. The highest BCUT2D eigenvalue weighted by Crippen LogP contribution is 2.23. The molecule has 0 fully saturated rings. The van der Waals surface area contributed by atoms with Crippen LogP contribution in [0.4, 0.5) is 0 Å². The molecule has 0 amide bonds. The van der Waals surface area contributed by atoms with Gasteiger partial charge < -0.3 is 0 Å². The molecule has 0 aliphatic carbocycles. The van der Waals surface area contributed by atoms with E-state index in [4.69, 9.17) is 0 Å². The van der Waals surface area contributed by atoms with Crippen molar-refractivity contribution in [3.63, 3.8) is 0 Å². The number of hydrogen-bond acceptors (Lipinski definition) is 3. The number of pyridine rings is 1. The normalized spacial score (nSPS) is 15.6. The van der Waals surface area contributed by atoms with E-state index in [0.29, 0.717) is 0 Å². The fraction of sp³-hybridized carbons (Fsp3) is 0.167. The predicted octanol–water partition coefficient (Wildman–Crippen LogP) is 1.19. The van der Waals surface area contributed by atoms with E-state index in [0.717, 1.165) is 6.54 Å². The van der Waals surface area contributed by atoms with Crippen molar-refractivity contribution in [2.24, 2.45) is 0 Å². The molecule has 2 heterocycles. The number of rotatable bonds is 0. The molecule has 1 N–H and O–H groups in total. The van der Waals surface area contributed by atoms with Gasteiger partial charge in [-0.25, -0.2) is 0 Å². The first-order valence-electron chi connectivity index (χ1n) is 2.80. The molecule has 2 nitrogen and oxygen atoms in total. The summed E-state index contributed by atoms with van der Waals surface area (Å²) in [5.41, 5.74) is 1.17. The Morgan fingerprint density at radius 3 is 3.56 bits per heavy atom. The third-order valence-corrected chi connectivity index (χ3v) is 2.15. The zero-order valence-electron chi connectivity index (χ0n) is 4.79. The molecule has 1 aliphatic heterocycles. The minimum absolute atomic E-state index is 0.904. The summed E-state index contributed by atoms with van der Waals surface area (Å²) in [6.45, 7) is 0.904. The number of fused-ring (bicyclic) bond motifs is 1. The first-order chi connectivity index (χ1) is 4.47. The summed E-state index contributed by atoms with van der Waals surface area (Å²) in [5, 5.41) is 0. The second kappa shape index (κ2) is 2.01. The molecule has 0 bridgehead atoms. The Labute approximate surface area is 57.8 Å². The lowest BCUT2D eigenvalue weighted by Crippen LogP contribution is -1.93. The first-order valence-corrected chi connectivity index (χ1v) is 3.62. The van der Waals surface area contributed by atoms with Crippen molar-refractivity contribution in [3.05, 3.63) is 24.0 Å². The summed E-state index contributed by atoms with van der Waals surface area (Å²) in [6, 6.07) is 4.03. The summed E-state index contributed by atoms with van der Waals surface area (Å²) in [7, 11) is 0. The van der Waals surface area contributed by atoms with Crippen LogP contribution in [-0.2, 0) is 6.54 Å². The summed E-state index contributed by atoms with van der Waals surface area (Å²) >= 11 is 1.66. The quantitative estimate of drug-likeness (QED) is 0.545. The van der Waals surface area contributed by atoms with Crippen molar-refractivity contribution in [1.82, 2.24) is 9.71 Å². The van der Waals surface area contributed by atoms with Gasteiger partial charge in [0.15, 0.2) is 0 Å². The van der Waals surface area contributed by atoms with Crippen LogP contribution in [0.1, 0.15) is 5.69 Å². The molecule has 2 rings (SSSR count). The van der Waals surface area contributed by atoms with E-state index in [1.54, 1.807) is 11.9 Å². The number of aromatic nitrogens is 1. The average molecular weight is 138 g/mol. The molecule has 3 heteroatoms. The molecule has 1 aromatic rings. The lowest BCUT2D eigenvalue weighted by atomic mass is 10.3. The molecule has 0 spiro atoms. The molecule has 1 aliphatic rings. The van der Waals surface area contributed by atoms with E-state index in [-0.39, 0.29) is 0 Å². The summed E-state index contributed by atoms with van der Waals surface area (Å²) < 4.78 is 3.14. The van der Waals surface area contributed by atoms with E-state index >= 15 is 0 Å². The Bertz CT molecular complexity index is 201. The highest BCUT2D eigenvalue weighted by molar-refractivity contribution is 7.97. The van der Waals surface area contributed by atoms with Crippen LogP contribution in [-0.4, -0.2) is 4.98 Å². The fourth-order valence-electron chi connectivity index (χ4n) is 0.831. The molecule has 0 aromatic carbocycles. The minimum atomic E-state index is 0.904. The van der Waals surface area contributed by atoms with Crippen molar-refractivity contribution < 1.29 is 0 Å². The first kappa shape index (κ1) is 5.26. The second-order valence-electron chi connectivity index (χ2n) is 1.87. The van der Waals surface area contributed by atoms with Crippen molar-refractivity contribution in [1.29, 1.82) is 0 Å². The lowest BCUT2D eigenvalue weighted by Gasteiger charge is -1.89. The summed E-state index contributed by atoms with van der Waals surface area (Å²) in [4.78, 5) is 5.44. The van der Waals surface area contributed by atoms with Gasteiger partial charge in [0.05, 0.1) is 5.69 Å². The summed E-state index contributed by atoms with van der Waals surface area (Å²) in [5.74, 6) is 0. The third kappa shape index (κ3) is 0.821. The van der Waals surface area contributed by atoms with Crippen LogP contribution >= 0.6 is 11.9 Å². The van der Waals surface area contributed by atoms with Gasteiger partial charge in [-0.1, -0.05) is 0 Å². The lowest BCUT2D eigenvalue weighted by molar-refractivity contribution is 0.930. The van der Waals surface area contributed by atoms with Crippen LogP contribution in [0.15, 0.2) is 23.2 Å². The predicted molar refractivity (Wildman–Crippen MR) is 36.9 cm³/mol. The Morgan fingerprint density at radius 2 is 2.67 bits per heavy atom. The van der Waals surface area contributed by atoms with E-state index in [9.17, 15) is 0 Å². The second-order valence-corrected chi connectivity index (χ2v) is 2.80. The minimum Gasteiger partial charge on any atom is -0.259 e. The van der Waals surface area contributed by atoms with Crippen molar-refractivity contribution in [2.45, 2.75) is 11.4 Å². The van der Waals surface area contributed by atoms with Crippen LogP contribution in [0.25, 0.3) is 0 Å². The fourth-order valence-corrected chi connectivity index (χ4v) is 1.58. The van der Waals surface area contributed by atoms with Crippen molar-refractivity contribution >= 4 is 11.9 Å². The zero-order valence-corrected chi connectivity index (χ0v) is 5.61. The van der Waals surface area contributed by atoms with Gasteiger partial charge in [-0.2, -0.15) is 0 Å². The van der Waals surface area contributed by atoms with Crippen LogP contribution < -0.4 is 4.72 Å². The molecule has 1 aromatic heterocycles. The van der Waals surface area contributed by atoms with Crippen LogP contribution in [0, 0.1) is 0 Å². The standard InChI is InChI=1S/C6H6N2S/c1-2-6-5(7-3-1)4-8-9-6/h1-3,8H,4H2. The van der Waals surface area contributed by atoms with Gasteiger partial charge in [-0.15, -0.1) is 0 Å². The highest BCUT2D eigenvalue weighted by Gasteiger charge is 2.09. The zero-order chi connectivity index (χ0) is 6.10. The molecular formula is C6H6N2S. The topological polar surface area (TPSA) is 24.9 Å². The number of nitrogens with one attached hydrogen (secondary N) is 1. The van der Waals surface area contributed by atoms with E-state index < -0.39 is 0 Å². The Kier molecular flexibility index (Phi) is 1.17. The van der Waals surface area contributed by atoms with Gasteiger partial charge in [0.25, 0.3) is 0 Å². The maximum absolute atomic E-state index is 4.18. The van der Waals surface area contributed by atoms with Crippen LogP contribution in [0.5, 0.6) is 0 Å². The monoisotopic (exact) mass is 138 g/mol. The average Bonchev–Trinajstić information content (AvgIpc) is 2.33. The largest absolute Gasteiger partial charge is 0.259 e.